The molecule has 1 saturated heterocycles. The predicted molar refractivity (Wildman–Crippen MR) is 69.2 cm³/mol. The van der Waals surface area contributed by atoms with Crippen LogP contribution in [0.25, 0.3) is 0 Å². The second-order valence-corrected chi connectivity index (χ2v) is 4.57. The van der Waals surface area contributed by atoms with Crippen molar-refractivity contribution in [2.75, 3.05) is 31.6 Å². The Morgan fingerprint density at radius 3 is 2.76 bits per heavy atom. The molecule has 1 fully saturated rings. The van der Waals surface area contributed by atoms with E-state index >= 15 is 0 Å². The lowest BCUT2D eigenvalue weighted by Gasteiger charge is -2.18. The molecular weight excluding hydrogens is 214 g/mol. The van der Waals surface area contributed by atoms with E-state index < -0.39 is 0 Å². The molecule has 0 saturated carbocycles. The third-order valence-electron chi connectivity index (χ3n) is 3.30. The fourth-order valence-electron chi connectivity index (χ4n) is 2.36. The van der Waals surface area contributed by atoms with Gasteiger partial charge >= 0.3 is 0 Å². The molecule has 0 radical (unpaired) electrons. The Balaban J connectivity index is 2.01. The molecule has 0 spiro atoms. The van der Waals surface area contributed by atoms with E-state index in [0.29, 0.717) is 5.56 Å². The number of nitrogens with one attached hydrogen (secondary N) is 1. The average Bonchev–Trinajstić information content (AvgIpc) is 2.78. The van der Waals surface area contributed by atoms with Crippen molar-refractivity contribution in [3.8, 4) is 0 Å². The summed E-state index contributed by atoms with van der Waals surface area (Å²) in [5.41, 5.74) is 6.96. The molecule has 92 valence electrons. The quantitative estimate of drug-likeness (QED) is 0.810. The lowest BCUT2D eigenvalue weighted by molar-refractivity contribution is 0.100. The summed E-state index contributed by atoms with van der Waals surface area (Å²) >= 11 is 0. The van der Waals surface area contributed by atoms with Crippen LogP contribution in [0.4, 0.5) is 5.69 Å². The molecule has 0 aliphatic carbocycles. The molecule has 0 bridgehead atoms. The summed E-state index contributed by atoms with van der Waals surface area (Å²) in [4.78, 5) is 13.3. The van der Waals surface area contributed by atoms with Gasteiger partial charge in [-0.3, -0.25) is 4.79 Å². The maximum Gasteiger partial charge on any atom is 0.248 e. The third kappa shape index (κ3) is 2.77. The molecule has 3 N–H and O–H groups in total. The molecule has 1 unspecified atom stereocenters. The average molecular weight is 233 g/mol. The van der Waals surface area contributed by atoms with Crippen LogP contribution in [0.5, 0.6) is 0 Å². The zero-order valence-electron chi connectivity index (χ0n) is 10.1. The molecule has 1 aromatic rings. The SMILES string of the molecule is CNCC1CCN(c2ccc(C(N)=O)cc2)C1. The van der Waals surface area contributed by atoms with Crippen LogP contribution in [0.2, 0.25) is 0 Å². The minimum atomic E-state index is -0.369. The fraction of sp³-hybridized carbons (Fsp3) is 0.462. The van der Waals surface area contributed by atoms with Crippen molar-refractivity contribution in [2.45, 2.75) is 6.42 Å². The number of nitrogens with two attached hydrogens (primary N) is 1. The van der Waals surface area contributed by atoms with Crippen molar-refractivity contribution in [1.29, 1.82) is 0 Å². The van der Waals surface area contributed by atoms with Gasteiger partial charge < -0.3 is 16.0 Å². The number of carbonyl (C=O) groups excluding carboxylic acids is 1. The topological polar surface area (TPSA) is 58.4 Å². The fourth-order valence-corrected chi connectivity index (χ4v) is 2.36. The summed E-state index contributed by atoms with van der Waals surface area (Å²) in [7, 11) is 1.99. The van der Waals surface area contributed by atoms with Gasteiger partial charge in [-0.2, -0.15) is 0 Å². The molecule has 17 heavy (non-hydrogen) atoms. The Kier molecular flexibility index (Phi) is 3.64. The van der Waals surface area contributed by atoms with E-state index in [4.69, 9.17) is 5.73 Å². The predicted octanol–water partition coefficient (Wildman–Crippen LogP) is 0.831. The van der Waals surface area contributed by atoms with Crippen LogP contribution in [0.3, 0.4) is 0 Å². The summed E-state index contributed by atoms with van der Waals surface area (Å²) in [5, 5.41) is 3.22. The summed E-state index contributed by atoms with van der Waals surface area (Å²) in [6, 6.07) is 7.54. The van der Waals surface area contributed by atoms with Gasteiger partial charge in [0.2, 0.25) is 5.91 Å². The third-order valence-corrected chi connectivity index (χ3v) is 3.30. The highest BCUT2D eigenvalue weighted by atomic mass is 16.1. The normalized spacial score (nSPS) is 19.6. The van der Waals surface area contributed by atoms with E-state index in [9.17, 15) is 4.79 Å². The Morgan fingerprint density at radius 1 is 1.47 bits per heavy atom. The molecule has 1 aliphatic heterocycles. The van der Waals surface area contributed by atoms with Gasteiger partial charge in [-0.15, -0.1) is 0 Å². The minimum absolute atomic E-state index is 0.369. The first-order valence-electron chi connectivity index (χ1n) is 6.00. The molecule has 0 aromatic heterocycles. The van der Waals surface area contributed by atoms with Crippen molar-refractivity contribution < 1.29 is 4.79 Å². The van der Waals surface area contributed by atoms with Crippen LogP contribution in [0, 0.1) is 5.92 Å². The van der Waals surface area contributed by atoms with E-state index in [1.165, 1.54) is 12.1 Å². The van der Waals surface area contributed by atoms with Crippen LogP contribution in [-0.2, 0) is 0 Å². The van der Waals surface area contributed by atoms with E-state index in [-0.39, 0.29) is 5.91 Å². The number of hydrogen-bond acceptors (Lipinski definition) is 3. The molecule has 2 rings (SSSR count). The first-order valence-corrected chi connectivity index (χ1v) is 6.00. The van der Waals surface area contributed by atoms with Crippen molar-refractivity contribution in [3.05, 3.63) is 29.8 Å². The largest absolute Gasteiger partial charge is 0.371 e. The summed E-state index contributed by atoms with van der Waals surface area (Å²) in [6.45, 7) is 3.23. The second-order valence-electron chi connectivity index (χ2n) is 4.57. The molecule has 1 aromatic carbocycles. The highest BCUT2D eigenvalue weighted by Crippen LogP contribution is 2.23. The first-order chi connectivity index (χ1) is 8.20. The highest BCUT2D eigenvalue weighted by molar-refractivity contribution is 5.93. The second kappa shape index (κ2) is 5.19. The Hall–Kier alpha value is -1.55. The van der Waals surface area contributed by atoms with Gasteiger partial charge in [-0.05, 0) is 50.2 Å². The van der Waals surface area contributed by atoms with Crippen molar-refractivity contribution in [2.24, 2.45) is 11.7 Å². The van der Waals surface area contributed by atoms with E-state index in [2.05, 4.69) is 10.2 Å². The van der Waals surface area contributed by atoms with E-state index in [0.717, 1.165) is 25.6 Å². The van der Waals surface area contributed by atoms with Gasteiger partial charge in [-0.1, -0.05) is 0 Å². The number of carbonyl (C=O) groups is 1. The van der Waals surface area contributed by atoms with Gasteiger partial charge in [0, 0.05) is 24.3 Å². The molecule has 1 heterocycles. The molecule has 4 heteroatoms. The zero-order valence-corrected chi connectivity index (χ0v) is 10.1. The van der Waals surface area contributed by atoms with Gasteiger partial charge in [-0.25, -0.2) is 0 Å². The Labute approximate surface area is 102 Å². The number of amides is 1. The van der Waals surface area contributed by atoms with Gasteiger partial charge in [0.25, 0.3) is 0 Å². The molecule has 1 atom stereocenters. The number of benzene rings is 1. The minimum Gasteiger partial charge on any atom is -0.371 e. The maximum atomic E-state index is 11.0. The number of hydrogen-bond donors (Lipinski definition) is 2. The number of nitrogens with zero attached hydrogens (tertiary/aromatic N) is 1. The Bertz CT molecular complexity index is 388. The van der Waals surface area contributed by atoms with Crippen LogP contribution >= 0.6 is 0 Å². The maximum absolute atomic E-state index is 11.0. The summed E-state index contributed by atoms with van der Waals surface area (Å²) in [6.07, 6.45) is 1.22. The van der Waals surface area contributed by atoms with Crippen LogP contribution in [-0.4, -0.2) is 32.6 Å². The van der Waals surface area contributed by atoms with Crippen molar-refractivity contribution >= 4 is 11.6 Å². The van der Waals surface area contributed by atoms with Gasteiger partial charge in [0.1, 0.15) is 0 Å². The van der Waals surface area contributed by atoms with Crippen LogP contribution in [0.1, 0.15) is 16.8 Å². The molecule has 4 nitrogen and oxygen atoms in total. The lowest BCUT2D eigenvalue weighted by atomic mass is 10.1. The summed E-state index contributed by atoms with van der Waals surface area (Å²) < 4.78 is 0. The van der Waals surface area contributed by atoms with Gasteiger partial charge in [0.05, 0.1) is 0 Å². The van der Waals surface area contributed by atoms with E-state index in [1.54, 1.807) is 12.1 Å². The number of primary amides is 1. The molecular formula is C13H19N3O. The van der Waals surface area contributed by atoms with Crippen LogP contribution < -0.4 is 16.0 Å². The zero-order chi connectivity index (χ0) is 12.3. The molecule has 1 aliphatic rings. The lowest BCUT2D eigenvalue weighted by Crippen LogP contribution is -2.24. The number of rotatable bonds is 4. The van der Waals surface area contributed by atoms with Crippen molar-refractivity contribution in [1.82, 2.24) is 5.32 Å². The summed E-state index contributed by atoms with van der Waals surface area (Å²) in [5.74, 6) is 0.349. The van der Waals surface area contributed by atoms with Gasteiger partial charge in [0.15, 0.2) is 0 Å². The monoisotopic (exact) mass is 233 g/mol. The highest BCUT2D eigenvalue weighted by Gasteiger charge is 2.21. The number of anilines is 1. The molecule has 1 amide bonds. The standard InChI is InChI=1S/C13H19N3O/c1-15-8-10-6-7-16(9-10)12-4-2-11(3-5-12)13(14)17/h2-5,10,15H,6-9H2,1H3,(H2,14,17). The Morgan fingerprint density at radius 2 is 2.18 bits per heavy atom. The first kappa shape index (κ1) is 11.9. The van der Waals surface area contributed by atoms with Crippen molar-refractivity contribution in [3.63, 3.8) is 0 Å². The smallest absolute Gasteiger partial charge is 0.248 e. The van der Waals surface area contributed by atoms with E-state index in [1.807, 2.05) is 19.2 Å². The van der Waals surface area contributed by atoms with Crippen LogP contribution in [0.15, 0.2) is 24.3 Å².